The number of nitrogens with one attached hydrogen (secondary N) is 1. The second-order valence-corrected chi connectivity index (χ2v) is 7.55. The van der Waals surface area contributed by atoms with E-state index in [0.717, 1.165) is 18.4 Å². The first-order valence-corrected chi connectivity index (χ1v) is 9.79. The molecule has 8 heteroatoms. The number of halogens is 2. The number of urea groups is 1. The Kier molecular flexibility index (Phi) is 5.49. The van der Waals surface area contributed by atoms with Gasteiger partial charge in [0, 0.05) is 24.6 Å². The normalized spacial score (nSPS) is 14.8. The van der Waals surface area contributed by atoms with Gasteiger partial charge < -0.3 is 14.7 Å². The summed E-state index contributed by atoms with van der Waals surface area (Å²) in [6.45, 7) is 3.10. The summed E-state index contributed by atoms with van der Waals surface area (Å²) in [5.41, 5.74) is 2.34. The lowest BCUT2D eigenvalue weighted by Gasteiger charge is -2.30. The molecule has 0 atom stereocenters. The first-order chi connectivity index (χ1) is 14.0. The Morgan fingerprint density at radius 2 is 1.93 bits per heavy atom. The minimum absolute atomic E-state index is 0.0868. The van der Waals surface area contributed by atoms with Crippen LogP contribution in [0, 0.1) is 12.7 Å². The molecule has 1 saturated heterocycles. The summed E-state index contributed by atoms with van der Waals surface area (Å²) in [7, 11) is 0. The molecule has 0 spiro atoms. The third-order valence-electron chi connectivity index (χ3n) is 5.04. The number of nitrogens with zero attached hydrogens (tertiary/aromatic N) is 3. The smallest absolute Gasteiger partial charge is 0.321 e. The number of hydrogen-bond acceptors (Lipinski definition) is 4. The number of benzene rings is 2. The number of aromatic nitrogens is 2. The van der Waals surface area contributed by atoms with Crippen molar-refractivity contribution in [3.05, 3.63) is 64.8 Å². The molecular weight excluding hydrogens is 395 g/mol. The SMILES string of the molecule is Cc1ccc(NC(=O)N2CCC(c3nc(-c4ccc(F)cc4)no3)CC2)c(Cl)c1. The van der Waals surface area contributed by atoms with E-state index >= 15 is 0 Å². The Morgan fingerprint density at radius 1 is 1.21 bits per heavy atom. The molecule has 1 fully saturated rings. The van der Waals surface area contributed by atoms with Gasteiger partial charge in [-0.25, -0.2) is 9.18 Å². The van der Waals surface area contributed by atoms with Crippen molar-refractivity contribution in [3.8, 4) is 11.4 Å². The predicted octanol–water partition coefficient (Wildman–Crippen LogP) is 5.25. The van der Waals surface area contributed by atoms with E-state index in [0.29, 0.717) is 41.1 Å². The lowest BCUT2D eigenvalue weighted by Crippen LogP contribution is -2.40. The van der Waals surface area contributed by atoms with Crippen molar-refractivity contribution >= 4 is 23.3 Å². The van der Waals surface area contributed by atoms with Crippen LogP contribution in [0.2, 0.25) is 5.02 Å². The first kappa shape index (κ1) is 19.4. The molecule has 0 radical (unpaired) electrons. The van der Waals surface area contributed by atoms with E-state index in [1.807, 2.05) is 19.1 Å². The quantitative estimate of drug-likeness (QED) is 0.635. The number of carbonyl (C=O) groups excluding carboxylic acids is 1. The molecule has 0 unspecified atom stereocenters. The lowest BCUT2D eigenvalue weighted by atomic mass is 9.97. The largest absolute Gasteiger partial charge is 0.339 e. The number of rotatable bonds is 3. The molecule has 6 nitrogen and oxygen atoms in total. The van der Waals surface area contributed by atoms with Crippen LogP contribution < -0.4 is 5.32 Å². The highest BCUT2D eigenvalue weighted by atomic mass is 35.5. The summed E-state index contributed by atoms with van der Waals surface area (Å²) < 4.78 is 18.5. The van der Waals surface area contributed by atoms with Crippen LogP contribution in [0.1, 0.15) is 30.2 Å². The molecule has 1 N–H and O–H groups in total. The Morgan fingerprint density at radius 3 is 2.62 bits per heavy atom. The summed E-state index contributed by atoms with van der Waals surface area (Å²) >= 11 is 6.20. The average molecular weight is 415 g/mol. The standard InChI is InChI=1S/C21H20ClFN4O2/c1-13-2-7-18(17(22)12-13)24-21(28)27-10-8-15(9-11-27)20-25-19(26-29-20)14-3-5-16(23)6-4-14/h2-7,12,15H,8-11H2,1H3,(H,24,28). The van der Waals surface area contributed by atoms with Gasteiger partial charge in [-0.2, -0.15) is 4.98 Å². The van der Waals surface area contributed by atoms with Crippen LogP contribution in [0.5, 0.6) is 0 Å². The number of likely N-dealkylation sites (tertiary alicyclic amines) is 1. The minimum atomic E-state index is -0.310. The van der Waals surface area contributed by atoms with Gasteiger partial charge in [-0.15, -0.1) is 0 Å². The maximum atomic E-state index is 13.1. The maximum absolute atomic E-state index is 13.1. The van der Waals surface area contributed by atoms with Gasteiger partial charge in [0.2, 0.25) is 11.7 Å². The topological polar surface area (TPSA) is 71.3 Å². The van der Waals surface area contributed by atoms with Gasteiger partial charge in [0.15, 0.2) is 0 Å². The number of anilines is 1. The van der Waals surface area contributed by atoms with Gasteiger partial charge >= 0.3 is 6.03 Å². The third kappa shape index (κ3) is 4.40. The van der Waals surface area contributed by atoms with Crippen molar-refractivity contribution in [1.82, 2.24) is 15.0 Å². The van der Waals surface area contributed by atoms with Crippen LogP contribution in [-0.2, 0) is 0 Å². The highest BCUT2D eigenvalue weighted by Crippen LogP contribution is 2.29. The monoisotopic (exact) mass is 414 g/mol. The van der Waals surface area contributed by atoms with E-state index in [1.54, 1.807) is 23.1 Å². The van der Waals surface area contributed by atoms with Crippen molar-refractivity contribution in [1.29, 1.82) is 0 Å². The molecule has 0 aliphatic carbocycles. The van der Waals surface area contributed by atoms with Crippen molar-refractivity contribution < 1.29 is 13.7 Å². The Hall–Kier alpha value is -2.93. The molecule has 3 aromatic rings. The van der Waals surface area contributed by atoms with E-state index in [1.165, 1.54) is 12.1 Å². The van der Waals surface area contributed by atoms with Crippen LogP contribution in [0.15, 0.2) is 47.0 Å². The number of piperidine rings is 1. The average Bonchev–Trinajstić information content (AvgIpc) is 3.21. The lowest BCUT2D eigenvalue weighted by molar-refractivity contribution is 0.187. The van der Waals surface area contributed by atoms with Gasteiger partial charge in [-0.1, -0.05) is 22.8 Å². The Balaban J connectivity index is 1.35. The first-order valence-electron chi connectivity index (χ1n) is 9.41. The van der Waals surface area contributed by atoms with E-state index in [4.69, 9.17) is 16.1 Å². The summed E-state index contributed by atoms with van der Waals surface area (Å²) in [4.78, 5) is 18.7. The minimum Gasteiger partial charge on any atom is -0.339 e. The predicted molar refractivity (Wildman–Crippen MR) is 108 cm³/mol. The van der Waals surface area contributed by atoms with E-state index < -0.39 is 0 Å². The number of carbonyl (C=O) groups is 1. The van der Waals surface area contributed by atoms with E-state index in [9.17, 15) is 9.18 Å². The summed E-state index contributed by atoms with van der Waals surface area (Å²) in [5.74, 6) is 0.763. The molecular formula is C21H20ClFN4O2. The fourth-order valence-electron chi connectivity index (χ4n) is 3.36. The second kappa shape index (κ2) is 8.21. The number of aryl methyl sites for hydroxylation is 1. The van der Waals surface area contributed by atoms with Crippen molar-refractivity contribution in [2.45, 2.75) is 25.7 Å². The van der Waals surface area contributed by atoms with Gasteiger partial charge in [0.05, 0.1) is 10.7 Å². The van der Waals surface area contributed by atoms with Crippen LogP contribution in [0.25, 0.3) is 11.4 Å². The Labute approximate surface area is 172 Å². The van der Waals surface area contributed by atoms with Crippen LogP contribution >= 0.6 is 11.6 Å². The zero-order valence-electron chi connectivity index (χ0n) is 15.9. The van der Waals surface area contributed by atoms with Gasteiger partial charge in [-0.05, 0) is 61.7 Å². The molecule has 4 rings (SSSR count). The molecule has 2 aromatic carbocycles. The number of amides is 2. The third-order valence-corrected chi connectivity index (χ3v) is 5.35. The highest BCUT2D eigenvalue weighted by Gasteiger charge is 2.28. The molecule has 150 valence electrons. The fraction of sp³-hybridized carbons (Fsp3) is 0.286. The molecule has 0 saturated carbocycles. The van der Waals surface area contributed by atoms with Crippen LogP contribution in [0.4, 0.5) is 14.9 Å². The summed E-state index contributed by atoms with van der Waals surface area (Å²) in [6, 6.07) is 11.3. The molecule has 1 aromatic heterocycles. The van der Waals surface area contributed by atoms with Gasteiger partial charge in [-0.3, -0.25) is 0 Å². The maximum Gasteiger partial charge on any atom is 0.321 e. The van der Waals surface area contributed by atoms with Crippen molar-refractivity contribution in [2.75, 3.05) is 18.4 Å². The van der Waals surface area contributed by atoms with Crippen molar-refractivity contribution in [2.24, 2.45) is 0 Å². The number of hydrogen-bond donors (Lipinski definition) is 1. The Bertz CT molecular complexity index is 1010. The van der Waals surface area contributed by atoms with E-state index in [-0.39, 0.29) is 17.8 Å². The zero-order chi connectivity index (χ0) is 20.4. The molecule has 2 amide bonds. The molecule has 1 aliphatic rings. The zero-order valence-corrected chi connectivity index (χ0v) is 16.6. The molecule has 29 heavy (non-hydrogen) atoms. The highest BCUT2D eigenvalue weighted by molar-refractivity contribution is 6.33. The fourth-order valence-corrected chi connectivity index (χ4v) is 3.64. The summed E-state index contributed by atoms with van der Waals surface area (Å²) in [6.07, 6.45) is 1.44. The molecule has 2 heterocycles. The second-order valence-electron chi connectivity index (χ2n) is 7.14. The molecule has 1 aliphatic heterocycles. The van der Waals surface area contributed by atoms with Crippen LogP contribution in [0.3, 0.4) is 0 Å². The van der Waals surface area contributed by atoms with E-state index in [2.05, 4.69) is 15.5 Å². The van der Waals surface area contributed by atoms with Crippen LogP contribution in [-0.4, -0.2) is 34.2 Å². The van der Waals surface area contributed by atoms with Crippen molar-refractivity contribution in [3.63, 3.8) is 0 Å². The van der Waals surface area contributed by atoms with Gasteiger partial charge in [0.25, 0.3) is 0 Å². The molecule has 0 bridgehead atoms. The van der Waals surface area contributed by atoms with Gasteiger partial charge in [0.1, 0.15) is 5.82 Å². The summed E-state index contributed by atoms with van der Waals surface area (Å²) in [5, 5.41) is 7.39.